The average molecular weight is 524 g/mol. The third-order valence-electron chi connectivity index (χ3n) is 5.72. The number of rotatable bonds is 9. The average Bonchev–Trinajstić information content (AvgIpc) is 3.31. The molecule has 0 spiro atoms. The van der Waals surface area contributed by atoms with Crippen LogP contribution < -0.4 is 15.5 Å². The number of hydrogen-bond acceptors (Lipinski definition) is 4. The highest BCUT2D eigenvalue weighted by Gasteiger charge is 2.32. The Balaban J connectivity index is 1.69. The summed E-state index contributed by atoms with van der Waals surface area (Å²) in [4.78, 5) is 38.7. The zero-order valence-electron chi connectivity index (χ0n) is 19.8. The Bertz CT molecular complexity index is 1120. The lowest BCUT2D eigenvalue weighted by molar-refractivity contribution is -0.137. The summed E-state index contributed by atoms with van der Waals surface area (Å²) in [6.07, 6.45) is -1.13. The van der Waals surface area contributed by atoms with Crippen molar-refractivity contribution in [2.45, 2.75) is 44.8 Å². The van der Waals surface area contributed by atoms with Gasteiger partial charge in [-0.1, -0.05) is 36.6 Å². The van der Waals surface area contributed by atoms with Gasteiger partial charge in [0.05, 0.1) is 5.56 Å². The standard InChI is InChI=1S/C25H28F3N3O4S/c1-17-9-11-20(12-10-17)30-23(33)15-36(35)16-24(34)31(14-22(32)29-19-6-2-3-7-19)21-8-4-5-18(13-21)25(26,27)28/h4-5,8-13,19H,2-3,6-7,14-16H2,1H3,(H,29,32)(H,30,33)/t36-/m1/s1. The normalized spacial score (nSPS) is 14.8. The fourth-order valence-electron chi connectivity index (χ4n) is 3.91. The molecule has 7 nitrogen and oxygen atoms in total. The molecule has 0 saturated heterocycles. The van der Waals surface area contributed by atoms with Crippen LogP contribution in [0.15, 0.2) is 48.5 Å². The number of aryl methyl sites for hydroxylation is 1. The fraction of sp³-hybridized carbons (Fsp3) is 0.400. The van der Waals surface area contributed by atoms with E-state index >= 15 is 0 Å². The van der Waals surface area contributed by atoms with E-state index in [2.05, 4.69) is 10.6 Å². The summed E-state index contributed by atoms with van der Waals surface area (Å²) in [6.45, 7) is 1.36. The minimum Gasteiger partial charge on any atom is -0.352 e. The molecule has 3 rings (SSSR count). The first kappa shape index (κ1) is 27.4. The topological polar surface area (TPSA) is 95.6 Å². The number of nitrogens with one attached hydrogen (secondary N) is 2. The van der Waals surface area contributed by atoms with Crippen LogP contribution >= 0.6 is 0 Å². The number of anilines is 2. The van der Waals surface area contributed by atoms with Gasteiger partial charge >= 0.3 is 6.18 Å². The number of carbonyl (C=O) groups is 3. The summed E-state index contributed by atoms with van der Waals surface area (Å²) < 4.78 is 52.3. The Morgan fingerprint density at radius 2 is 1.67 bits per heavy atom. The van der Waals surface area contributed by atoms with E-state index in [-0.39, 0.29) is 11.7 Å². The highest BCUT2D eigenvalue weighted by molar-refractivity contribution is 7.86. The second kappa shape index (κ2) is 12.2. The van der Waals surface area contributed by atoms with Crippen LogP contribution in [0.25, 0.3) is 0 Å². The predicted molar refractivity (Wildman–Crippen MR) is 132 cm³/mol. The van der Waals surface area contributed by atoms with Gasteiger partial charge in [0.15, 0.2) is 0 Å². The molecule has 3 amide bonds. The van der Waals surface area contributed by atoms with Gasteiger partial charge in [-0.15, -0.1) is 0 Å². The predicted octanol–water partition coefficient (Wildman–Crippen LogP) is 3.79. The molecule has 2 aromatic carbocycles. The third kappa shape index (κ3) is 8.18. The van der Waals surface area contributed by atoms with Gasteiger partial charge in [-0.05, 0) is 50.1 Å². The van der Waals surface area contributed by atoms with Crippen LogP contribution in [0.1, 0.15) is 36.8 Å². The molecular formula is C25H28F3N3O4S. The van der Waals surface area contributed by atoms with Gasteiger partial charge in [0.1, 0.15) is 18.1 Å². The highest BCUT2D eigenvalue weighted by atomic mass is 32.2. The van der Waals surface area contributed by atoms with E-state index in [9.17, 15) is 31.8 Å². The maximum absolute atomic E-state index is 13.2. The first-order chi connectivity index (χ1) is 17.0. The van der Waals surface area contributed by atoms with Crippen LogP contribution in [-0.4, -0.2) is 46.0 Å². The maximum atomic E-state index is 13.2. The van der Waals surface area contributed by atoms with Crippen molar-refractivity contribution in [1.82, 2.24) is 5.32 Å². The van der Waals surface area contributed by atoms with Crippen molar-refractivity contribution in [2.24, 2.45) is 0 Å². The lowest BCUT2D eigenvalue weighted by Gasteiger charge is -2.24. The van der Waals surface area contributed by atoms with Crippen molar-refractivity contribution in [3.05, 3.63) is 59.7 Å². The van der Waals surface area contributed by atoms with Crippen molar-refractivity contribution >= 4 is 39.9 Å². The quantitative estimate of drug-likeness (QED) is 0.523. The molecular weight excluding hydrogens is 495 g/mol. The van der Waals surface area contributed by atoms with E-state index in [1.54, 1.807) is 24.3 Å². The first-order valence-electron chi connectivity index (χ1n) is 11.5. The van der Waals surface area contributed by atoms with Crippen LogP contribution in [0.3, 0.4) is 0 Å². The molecule has 36 heavy (non-hydrogen) atoms. The van der Waals surface area contributed by atoms with E-state index in [0.29, 0.717) is 5.69 Å². The van der Waals surface area contributed by atoms with Gasteiger partial charge in [0.2, 0.25) is 17.7 Å². The molecule has 0 bridgehead atoms. The van der Waals surface area contributed by atoms with Crippen molar-refractivity contribution < 1.29 is 31.8 Å². The van der Waals surface area contributed by atoms with Gasteiger partial charge in [-0.25, -0.2) is 0 Å². The van der Waals surface area contributed by atoms with E-state index in [1.807, 2.05) is 6.92 Å². The zero-order chi connectivity index (χ0) is 26.3. The van der Waals surface area contributed by atoms with Gasteiger partial charge in [-0.2, -0.15) is 13.2 Å². The van der Waals surface area contributed by atoms with Gasteiger partial charge in [0, 0.05) is 28.2 Å². The highest BCUT2D eigenvalue weighted by Crippen LogP contribution is 2.31. The summed E-state index contributed by atoms with van der Waals surface area (Å²) in [5.74, 6) is -3.03. The van der Waals surface area contributed by atoms with Crippen molar-refractivity contribution in [3.63, 3.8) is 0 Å². The lowest BCUT2D eigenvalue weighted by Crippen LogP contribution is -2.45. The van der Waals surface area contributed by atoms with Gasteiger partial charge in [0.25, 0.3) is 0 Å². The summed E-state index contributed by atoms with van der Waals surface area (Å²) in [6, 6.07) is 10.9. The number of amides is 3. The van der Waals surface area contributed by atoms with Crippen LogP contribution in [0.5, 0.6) is 0 Å². The zero-order valence-corrected chi connectivity index (χ0v) is 20.6. The third-order valence-corrected chi connectivity index (χ3v) is 6.87. The molecule has 1 aliphatic rings. The summed E-state index contributed by atoms with van der Waals surface area (Å²) in [5, 5.41) is 5.39. The molecule has 0 radical (unpaired) electrons. The van der Waals surface area contributed by atoms with E-state index < -0.39 is 58.3 Å². The molecule has 2 aromatic rings. The Hall–Kier alpha value is -3.21. The van der Waals surface area contributed by atoms with Crippen LogP contribution in [0, 0.1) is 6.92 Å². The number of hydrogen-bond donors (Lipinski definition) is 2. The number of benzene rings is 2. The molecule has 0 unspecified atom stereocenters. The van der Waals surface area contributed by atoms with E-state index in [0.717, 1.165) is 54.3 Å². The first-order valence-corrected chi connectivity index (χ1v) is 13.0. The van der Waals surface area contributed by atoms with E-state index in [4.69, 9.17) is 0 Å². The Kier molecular flexibility index (Phi) is 9.25. The fourth-order valence-corrected chi connectivity index (χ4v) is 4.81. The molecule has 0 heterocycles. The summed E-state index contributed by atoms with van der Waals surface area (Å²) in [7, 11) is -1.95. The largest absolute Gasteiger partial charge is 0.416 e. The number of nitrogens with zero attached hydrogens (tertiary/aromatic N) is 1. The Morgan fingerprint density at radius 3 is 2.31 bits per heavy atom. The molecule has 194 valence electrons. The van der Waals surface area contributed by atoms with Crippen LogP contribution in [0.4, 0.5) is 24.5 Å². The molecule has 0 aliphatic heterocycles. The number of carbonyl (C=O) groups excluding carboxylic acids is 3. The monoisotopic (exact) mass is 523 g/mol. The van der Waals surface area contributed by atoms with Crippen molar-refractivity contribution in [3.8, 4) is 0 Å². The molecule has 11 heteroatoms. The summed E-state index contributed by atoms with van der Waals surface area (Å²) in [5.41, 5.74) is 0.377. The molecule has 1 fully saturated rings. The van der Waals surface area contributed by atoms with Crippen molar-refractivity contribution in [1.29, 1.82) is 0 Å². The smallest absolute Gasteiger partial charge is 0.352 e. The Morgan fingerprint density at radius 1 is 1.00 bits per heavy atom. The Labute approximate surface area is 209 Å². The lowest BCUT2D eigenvalue weighted by atomic mass is 10.1. The summed E-state index contributed by atoms with van der Waals surface area (Å²) >= 11 is 0. The minimum atomic E-state index is -4.65. The van der Waals surface area contributed by atoms with Gasteiger partial charge < -0.3 is 15.5 Å². The molecule has 0 aromatic heterocycles. The molecule has 1 atom stereocenters. The van der Waals surface area contributed by atoms with Crippen LogP contribution in [-0.2, 0) is 31.4 Å². The number of halogens is 3. The SMILES string of the molecule is Cc1ccc(NC(=O)C[S@@](=O)CC(=O)N(CC(=O)NC2CCCC2)c2cccc(C(F)(F)F)c2)cc1. The minimum absolute atomic E-state index is 0.0458. The van der Waals surface area contributed by atoms with E-state index in [1.165, 1.54) is 6.07 Å². The second-order valence-corrected chi connectivity index (χ2v) is 10.2. The molecule has 1 saturated carbocycles. The van der Waals surface area contributed by atoms with Crippen LogP contribution in [0.2, 0.25) is 0 Å². The van der Waals surface area contributed by atoms with Gasteiger partial charge in [-0.3, -0.25) is 18.6 Å². The second-order valence-electron chi connectivity index (χ2n) is 8.72. The number of alkyl halides is 3. The van der Waals surface area contributed by atoms with Crippen molar-refractivity contribution in [2.75, 3.05) is 28.3 Å². The molecule has 1 aliphatic carbocycles. The molecule has 2 N–H and O–H groups in total. The maximum Gasteiger partial charge on any atom is 0.416 e.